The molecule has 3 rings (SSSR count). The van der Waals surface area contributed by atoms with Crippen molar-refractivity contribution >= 4 is 29.1 Å². The van der Waals surface area contributed by atoms with Gasteiger partial charge in [0.1, 0.15) is 6.04 Å². The first-order chi connectivity index (χ1) is 13.1. The normalized spacial score (nSPS) is 20.0. The van der Waals surface area contributed by atoms with Gasteiger partial charge in [-0.1, -0.05) is 18.9 Å². The van der Waals surface area contributed by atoms with Crippen LogP contribution in [-0.2, 0) is 9.59 Å². The van der Waals surface area contributed by atoms with Crippen LogP contribution in [0.5, 0.6) is 0 Å². The number of carbonyl (C=O) groups is 3. The van der Waals surface area contributed by atoms with Crippen molar-refractivity contribution in [3.8, 4) is 0 Å². The number of hydrogen-bond acceptors (Lipinski definition) is 4. The van der Waals surface area contributed by atoms with Gasteiger partial charge < -0.3 is 15.1 Å². The topological polar surface area (TPSA) is 69.7 Å². The Morgan fingerprint density at radius 2 is 1.70 bits per heavy atom. The standard InChI is InChI=1S/C20H29N3O3S/c1-15(21-18(24)17-7-6-14-27-17)19(25)23-12-8-16(9-13-23)20(26)22-10-4-2-3-5-11-22/h6-7,14-16H,2-5,8-13H2,1H3,(H,21,24). The second-order valence-corrected chi connectivity index (χ2v) is 8.46. The number of carbonyl (C=O) groups excluding carboxylic acids is 3. The monoisotopic (exact) mass is 391 g/mol. The first kappa shape index (κ1) is 19.9. The number of rotatable bonds is 4. The van der Waals surface area contributed by atoms with E-state index in [1.54, 1.807) is 17.9 Å². The van der Waals surface area contributed by atoms with Crippen LogP contribution < -0.4 is 5.32 Å². The highest BCUT2D eigenvalue weighted by Crippen LogP contribution is 2.22. The van der Waals surface area contributed by atoms with E-state index in [0.29, 0.717) is 30.8 Å². The van der Waals surface area contributed by atoms with Crippen molar-refractivity contribution in [2.24, 2.45) is 5.92 Å². The van der Waals surface area contributed by atoms with E-state index in [0.717, 1.165) is 25.9 Å². The molecule has 2 aliphatic heterocycles. The highest BCUT2D eigenvalue weighted by atomic mass is 32.1. The van der Waals surface area contributed by atoms with Crippen molar-refractivity contribution < 1.29 is 14.4 Å². The minimum atomic E-state index is -0.558. The van der Waals surface area contributed by atoms with Crippen molar-refractivity contribution in [2.75, 3.05) is 26.2 Å². The van der Waals surface area contributed by atoms with Gasteiger partial charge in [-0.2, -0.15) is 0 Å². The van der Waals surface area contributed by atoms with Crippen molar-refractivity contribution in [1.82, 2.24) is 15.1 Å². The van der Waals surface area contributed by atoms with Crippen LogP contribution in [0.4, 0.5) is 0 Å². The molecule has 2 aliphatic rings. The van der Waals surface area contributed by atoms with Crippen LogP contribution in [0.15, 0.2) is 17.5 Å². The van der Waals surface area contributed by atoms with Crippen molar-refractivity contribution in [3.63, 3.8) is 0 Å². The number of likely N-dealkylation sites (tertiary alicyclic amines) is 2. The zero-order valence-corrected chi connectivity index (χ0v) is 16.8. The number of thiophene rings is 1. The molecule has 1 aromatic heterocycles. The van der Waals surface area contributed by atoms with Crippen LogP contribution in [0.1, 0.15) is 55.1 Å². The van der Waals surface area contributed by atoms with Gasteiger partial charge in [0.2, 0.25) is 11.8 Å². The maximum absolute atomic E-state index is 12.8. The van der Waals surface area contributed by atoms with Crippen LogP contribution in [0.3, 0.4) is 0 Å². The van der Waals surface area contributed by atoms with Gasteiger partial charge in [0.25, 0.3) is 5.91 Å². The van der Waals surface area contributed by atoms with Crippen LogP contribution in [0.2, 0.25) is 0 Å². The smallest absolute Gasteiger partial charge is 0.261 e. The van der Waals surface area contributed by atoms with E-state index in [1.165, 1.54) is 24.2 Å². The Morgan fingerprint density at radius 1 is 1.04 bits per heavy atom. The molecule has 1 atom stereocenters. The van der Waals surface area contributed by atoms with Gasteiger partial charge in [0, 0.05) is 32.1 Å². The summed E-state index contributed by atoms with van der Waals surface area (Å²) in [5.74, 6) is 0.0175. The number of amides is 3. The predicted octanol–water partition coefficient (Wildman–Crippen LogP) is 2.51. The average Bonchev–Trinajstić information content (AvgIpc) is 3.10. The lowest BCUT2D eigenvalue weighted by Gasteiger charge is -2.35. The molecule has 1 unspecified atom stereocenters. The maximum Gasteiger partial charge on any atom is 0.261 e. The Morgan fingerprint density at radius 3 is 2.30 bits per heavy atom. The summed E-state index contributed by atoms with van der Waals surface area (Å²) in [5.41, 5.74) is 0. The molecule has 2 saturated heterocycles. The molecule has 0 bridgehead atoms. The molecule has 0 saturated carbocycles. The highest BCUT2D eigenvalue weighted by molar-refractivity contribution is 7.12. The molecule has 0 aromatic carbocycles. The molecule has 6 nitrogen and oxygen atoms in total. The van der Waals surface area contributed by atoms with Crippen molar-refractivity contribution in [3.05, 3.63) is 22.4 Å². The van der Waals surface area contributed by atoms with E-state index in [2.05, 4.69) is 5.32 Å². The quantitative estimate of drug-likeness (QED) is 0.857. The Bertz CT molecular complexity index is 645. The van der Waals surface area contributed by atoms with E-state index in [9.17, 15) is 14.4 Å². The zero-order valence-electron chi connectivity index (χ0n) is 16.0. The van der Waals surface area contributed by atoms with Crippen LogP contribution in [0, 0.1) is 5.92 Å². The molecule has 2 fully saturated rings. The van der Waals surface area contributed by atoms with Gasteiger partial charge in [0.15, 0.2) is 0 Å². The predicted molar refractivity (Wildman–Crippen MR) is 106 cm³/mol. The first-order valence-electron chi connectivity index (χ1n) is 9.98. The molecule has 1 N–H and O–H groups in total. The Balaban J connectivity index is 1.47. The Kier molecular flexibility index (Phi) is 6.88. The number of piperidine rings is 1. The lowest BCUT2D eigenvalue weighted by atomic mass is 9.94. The summed E-state index contributed by atoms with van der Waals surface area (Å²) in [6.07, 6.45) is 6.06. The molecular formula is C20H29N3O3S. The molecule has 7 heteroatoms. The van der Waals surface area contributed by atoms with Gasteiger partial charge in [0.05, 0.1) is 4.88 Å². The summed E-state index contributed by atoms with van der Waals surface area (Å²) in [6.45, 7) is 4.65. The molecule has 148 valence electrons. The second-order valence-electron chi connectivity index (χ2n) is 7.51. The second kappa shape index (κ2) is 9.35. The summed E-state index contributed by atoms with van der Waals surface area (Å²) in [4.78, 5) is 42.0. The van der Waals surface area contributed by atoms with E-state index in [4.69, 9.17) is 0 Å². The Labute approximate surface area is 164 Å². The van der Waals surface area contributed by atoms with Gasteiger partial charge >= 0.3 is 0 Å². The molecule has 1 aromatic rings. The minimum Gasteiger partial charge on any atom is -0.342 e. The van der Waals surface area contributed by atoms with Crippen molar-refractivity contribution in [1.29, 1.82) is 0 Å². The third-order valence-corrected chi connectivity index (χ3v) is 6.41. The summed E-state index contributed by atoms with van der Waals surface area (Å²) in [5, 5.41) is 4.62. The van der Waals surface area contributed by atoms with Crippen LogP contribution >= 0.6 is 11.3 Å². The molecule has 3 amide bonds. The van der Waals surface area contributed by atoms with E-state index >= 15 is 0 Å². The molecule has 27 heavy (non-hydrogen) atoms. The number of nitrogens with one attached hydrogen (secondary N) is 1. The summed E-state index contributed by atoms with van der Waals surface area (Å²) < 4.78 is 0. The van der Waals surface area contributed by atoms with Crippen LogP contribution in [-0.4, -0.2) is 59.7 Å². The van der Waals surface area contributed by atoms with Gasteiger partial charge in [-0.15, -0.1) is 11.3 Å². The highest BCUT2D eigenvalue weighted by Gasteiger charge is 2.32. The third kappa shape index (κ3) is 5.09. The van der Waals surface area contributed by atoms with Crippen LogP contribution in [0.25, 0.3) is 0 Å². The molecular weight excluding hydrogens is 362 g/mol. The minimum absolute atomic E-state index is 0.0307. The molecule has 0 aliphatic carbocycles. The fourth-order valence-corrected chi connectivity index (χ4v) is 4.53. The Hall–Kier alpha value is -1.89. The summed E-state index contributed by atoms with van der Waals surface area (Å²) in [7, 11) is 0. The summed E-state index contributed by atoms with van der Waals surface area (Å²) >= 11 is 1.36. The SMILES string of the molecule is CC(NC(=O)c1cccs1)C(=O)N1CCC(C(=O)N2CCCCCC2)CC1. The number of nitrogens with zero attached hydrogens (tertiary/aromatic N) is 2. The fourth-order valence-electron chi connectivity index (χ4n) is 3.91. The molecule has 0 spiro atoms. The van der Waals surface area contributed by atoms with Crippen molar-refractivity contribution in [2.45, 2.75) is 51.5 Å². The lowest BCUT2D eigenvalue weighted by Crippen LogP contribution is -2.50. The van der Waals surface area contributed by atoms with E-state index < -0.39 is 6.04 Å². The zero-order chi connectivity index (χ0) is 19.2. The molecule has 3 heterocycles. The summed E-state index contributed by atoms with van der Waals surface area (Å²) in [6, 6.07) is 3.01. The third-order valence-electron chi connectivity index (χ3n) is 5.54. The first-order valence-corrected chi connectivity index (χ1v) is 10.9. The fraction of sp³-hybridized carbons (Fsp3) is 0.650. The lowest BCUT2D eigenvalue weighted by molar-refractivity contribution is -0.141. The molecule has 0 radical (unpaired) electrons. The van der Waals surface area contributed by atoms with Gasteiger partial charge in [-0.3, -0.25) is 14.4 Å². The number of hydrogen-bond donors (Lipinski definition) is 1. The average molecular weight is 392 g/mol. The van der Waals surface area contributed by atoms with E-state index in [1.807, 2.05) is 16.3 Å². The van der Waals surface area contributed by atoms with Gasteiger partial charge in [-0.05, 0) is 44.1 Å². The van der Waals surface area contributed by atoms with E-state index in [-0.39, 0.29) is 23.6 Å². The largest absolute Gasteiger partial charge is 0.342 e. The maximum atomic E-state index is 12.8. The van der Waals surface area contributed by atoms with Gasteiger partial charge in [-0.25, -0.2) is 0 Å².